The van der Waals surface area contributed by atoms with Crippen molar-refractivity contribution in [2.75, 3.05) is 0 Å². The first-order valence-corrected chi connectivity index (χ1v) is 6.09. The van der Waals surface area contributed by atoms with E-state index in [4.69, 9.17) is 22.0 Å². The molecule has 0 radical (unpaired) electrons. The maximum Gasteiger partial charge on any atom is 0.326 e. The van der Waals surface area contributed by atoms with Gasteiger partial charge < -0.3 is 10.4 Å². The first-order valence-electron chi connectivity index (χ1n) is 5.71. The third-order valence-corrected chi connectivity index (χ3v) is 2.83. The highest BCUT2D eigenvalue weighted by Gasteiger charge is 2.21. The molecule has 0 aliphatic rings. The Morgan fingerprint density at radius 2 is 2.11 bits per heavy atom. The number of benzene rings is 1. The number of carboxylic acids is 1. The van der Waals surface area contributed by atoms with Crippen molar-refractivity contribution in [1.29, 1.82) is 5.26 Å². The van der Waals surface area contributed by atoms with E-state index in [1.54, 1.807) is 18.2 Å². The van der Waals surface area contributed by atoms with Crippen LogP contribution in [0, 0.1) is 11.3 Å². The molecule has 0 saturated carbocycles. The van der Waals surface area contributed by atoms with E-state index in [0.29, 0.717) is 6.42 Å². The lowest BCUT2D eigenvalue weighted by atomic mass is 10.1. The van der Waals surface area contributed by atoms with E-state index < -0.39 is 17.9 Å². The van der Waals surface area contributed by atoms with Crippen molar-refractivity contribution in [3.05, 3.63) is 34.9 Å². The highest BCUT2D eigenvalue weighted by atomic mass is 35.5. The molecule has 2 N–H and O–H groups in total. The molecule has 0 heterocycles. The van der Waals surface area contributed by atoms with Crippen molar-refractivity contribution < 1.29 is 14.7 Å². The molecule has 19 heavy (non-hydrogen) atoms. The Balaban J connectivity index is 2.69. The molecule has 1 rings (SSSR count). The van der Waals surface area contributed by atoms with Gasteiger partial charge in [0, 0.05) is 6.42 Å². The van der Waals surface area contributed by atoms with Crippen LogP contribution in [-0.4, -0.2) is 23.0 Å². The second-order valence-electron chi connectivity index (χ2n) is 3.89. The molecule has 0 unspecified atom stereocenters. The molecule has 100 valence electrons. The molecule has 6 heteroatoms. The van der Waals surface area contributed by atoms with Gasteiger partial charge in [0.25, 0.3) is 5.91 Å². The topological polar surface area (TPSA) is 90.2 Å². The van der Waals surface area contributed by atoms with Gasteiger partial charge >= 0.3 is 5.97 Å². The first-order chi connectivity index (χ1) is 9.06. The Labute approximate surface area is 115 Å². The van der Waals surface area contributed by atoms with E-state index in [1.165, 1.54) is 6.07 Å². The van der Waals surface area contributed by atoms with Crippen molar-refractivity contribution in [2.45, 2.75) is 25.3 Å². The molecule has 0 saturated heterocycles. The fraction of sp³-hybridized carbons (Fsp3) is 0.308. The van der Waals surface area contributed by atoms with Crippen molar-refractivity contribution in [3.63, 3.8) is 0 Å². The van der Waals surface area contributed by atoms with Crippen molar-refractivity contribution in [2.24, 2.45) is 0 Å². The zero-order chi connectivity index (χ0) is 14.3. The maximum atomic E-state index is 11.9. The highest BCUT2D eigenvalue weighted by Crippen LogP contribution is 2.15. The van der Waals surface area contributed by atoms with Crippen LogP contribution in [0.1, 0.15) is 29.6 Å². The Bertz CT molecular complexity index is 511. The third kappa shape index (κ3) is 4.60. The number of carboxylic acid groups (broad SMARTS) is 1. The Morgan fingerprint density at radius 3 is 2.68 bits per heavy atom. The summed E-state index contributed by atoms with van der Waals surface area (Å²) in [4.78, 5) is 22.9. The summed E-state index contributed by atoms with van der Waals surface area (Å²) in [5.41, 5.74) is 0.232. The van der Waals surface area contributed by atoms with Gasteiger partial charge in [-0.15, -0.1) is 0 Å². The molecule has 0 fully saturated rings. The van der Waals surface area contributed by atoms with E-state index in [-0.39, 0.29) is 23.4 Å². The average Bonchev–Trinajstić information content (AvgIpc) is 2.38. The molecule has 1 aromatic carbocycles. The summed E-state index contributed by atoms with van der Waals surface area (Å²) in [7, 11) is 0. The second-order valence-corrected chi connectivity index (χ2v) is 4.30. The zero-order valence-corrected chi connectivity index (χ0v) is 10.9. The average molecular weight is 281 g/mol. The molecular formula is C13H13ClN2O3. The summed E-state index contributed by atoms with van der Waals surface area (Å²) in [5, 5.41) is 20.1. The van der Waals surface area contributed by atoms with E-state index >= 15 is 0 Å². The minimum absolute atomic E-state index is 0.207. The number of nitrogens with one attached hydrogen (secondary N) is 1. The number of nitriles is 1. The molecule has 0 aliphatic carbocycles. The largest absolute Gasteiger partial charge is 0.480 e. The van der Waals surface area contributed by atoms with Gasteiger partial charge in [-0.05, 0) is 25.0 Å². The van der Waals surface area contributed by atoms with Crippen LogP contribution in [0.15, 0.2) is 24.3 Å². The normalized spacial score (nSPS) is 11.4. The molecule has 0 bridgehead atoms. The lowest BCUT2D eigenvalue weighted by Crippen LogP contribution is -2.40. The van der Waals surface area contributed by atoms with Crippen LogP contribution >= 0.6 is 11.6 Å². The van der Waals surface area contributed by atoms with Gasteiger partial charge in [-0.3, -0.25) is 4.79 Å². The van der Waals surface area contributed by atoms with Crippen LogP contribution in [-0.2, 0) is 4.79 Å². The van der Waals surface area contributed by atoms with Crippen LogP contribution in [0.5, 0.6) is 0 Å². The van der Waals surface area contributed by atoms with Crippen LogP contribution < -0.4 is 5.32 Å². The number of unbranched alkanes of at least 4 members (excludes halogenated alkanes) is 1. The Hall–Kier alpha value is -2.06. The minimum atomic E-state index is -1.13. The van der Waals surface area contributed by atoms with Gasteiger partial charge in [-0.1, -0.05) is 23.7 Å². The molecule has 1 atom stereocenters. The highest BCUT2D eigenvalue weighted by molar-refractivity contribution is 6.33. The summed E-state index contributed by atoms with van der Waals surface area (Å²) in [6.45, 7) is 0. The summed E-state index contributed by atoms with van der Waals surface area (Å²) in [5.74, 6) is -1.66. The van der Waals surface area contributed by atoms with Gasteiger partial charge in [0.15, 0.2) is 0 Å². The Morgan fingerprint density at radius 1 is 1.42 bits per heavy atom. The van der Waals surface area contributed by atoms with Crippen LogP contribution in [0.2, 0.25) is 5.02 Å². The fourth-order valence-electron chi connectivity index (χ4n) is 1.52. The minimum Gasteiger partial charge on any atom is -0.480 e. The van der Waals surface area contributed by atoms with Crippen molar-refractivity contribution in [1.82, 2.24) is 5.32 Å². The standard InChI is InChI=1S/C13H13ClN2O3/c14-10-6-2-1-5-9(10)12(17)16-11(13(18)19)7-3-4-8-15/h1-2,5-6,11H,3-4,7H2,(H,16,17)(H,18,19)/t11-/m1/s1. The summed E-state index contributed by atoms with van der Waals surface area (Å²) < 4.78 is 0. The first kappa shape index (κ1) is 15.0. The number of nitrogens with zero attached hydrogens (tertiary/aromatic N) is 1. The number of carbonyl (C=O) groups excluding carboxylic acids is 1. The van der Waals surface area contributed by atoms with E-state index in [1.807, 2.05) is 6.07 Å². The van der Waals surface area contributed by atoms with E-state index in [0.717, 1.165) is 0 Å². The smallest absolute Gasteiger partial charge is 0.326 e. The van der Waals surface area contributed by atoms with Crippen molar-refractivity contribution >= 4 is 23.5 Å². The summed E-state index contributed by atoms with van der Waals surface area (Å²) in [6, 6.07) is 7.32. The van der Waals surface area contributed by atoms with Gasteiger partial charge in [0.1, 0.15) is 6.04 Å². The van der Waals surface area contributed by atoms with Gasteiger partial charge in [0.2, 0.25) is 0 Å². The number of halogens is 1. The lowest BCUT2D eigenvalue weighted by molar-refractivity contribution is -0.139. The molecule has 0 aromatic heterocycles. The number of rotatable bonds is 6. The number of hydrogen-bond acceptors (Lipinski definition) is 3. The number of hydrogen-bond donors (Lipinski definition) is 2. The second kappa shape index (κ2) is 7.39. The Kier molecular flexibility index (Phi) is 5.83. The summed E-state index contributed by atoms with van der Waals surface area (Å²) in [6.07, 6.45) is 0.876. The third-order valence-electron chi connectivity index (χ3n) is 2.50. The molecule has 1 amide bonds. The number of aliphatic carboxylic acids is 1. The van der Waals surface area contributed by atoms with Crippen LogP contribution in [0.25, 0.3) is 0 Å². The van der Waals surface area contributed by atoms with E-state index in [2.05, 4.69) is 5.32 Å². The number of amides is 1. The molecule has 0 spiro atoms. The molecular weight excluding hydrogens is 268 g/mol. The van der Waals surface area contributed by atoms with Crippen LogP contribution in [0.3, 0.4) is 0 Å². The maximum absolute atomic E-state index is 11.9. The van der Waals surface area contributed by atoms with Gasteiger partial charge in [-0.2, -0.15) is 5.26 Å². The summed E-state index contributed by atoms with van der Waals surface area (Å²) >= 11 is 5.86. The molecule has 1 aromatic rings. The van der Waals surface area contributed by atoms with Gasteiger partial charge in [-0.25, -0.2) is 4.79 Å². The van der Waals surface area contributed by atoms with Crippen LogP contribution in [0.4, 0.5) is 0 Å². The zero-order valence-electron chi connectivity index (χ0n) is 10.1. The lowest BCUT2D eigenvalue weighted by Gasteiger charge is -2.14. The monoisotopic (exact) mass is 280 g/mol. The van der Waals surface area contributed by atoms with Gasteiger partial charge in [0.05, 0.1) is 16.7 Å². The predicted molar refractivity (Wildman–Crippen MR) is 69.8 cm³/mol. The number of carbonyl (C=O) groups is 2. The SMILES string of the molecule is N#CCCC[C@@H](NC(=O)c1ccccc1Cl)C(=O)O. The molecule has 0 aliphatic heterocycles. The van der Waals surface area contributed by atoms with E-state index in [9.17, 15) is 9.59 Å². The predicted octanol–water partition coefficient (Wildman–Crippen LogP) is 2.22. The molecule has 5 nitrogen and oxygen atoms in total. The quantitative estimate of drug-likeness (QED) is 0.782. The van der Waals surface area contributed by atoms with Crippen molar-refractivity contribution in [3.8, 4) is 6.07 Å². The fourth-order valence-corrected chi connectivity index (χ4v) is 1.75.